The van der Waals surface area contributed by atoms with Crippen molar-refractivity contribution in [1.29, 1.82) is 0 Å². The summed E-state index contributed by atoms with van der Waals surface area (Å²) < 4.78 is 40.7. The zero-order chi connectivity index (χ0) is 18.5. The minimum Gasteiger partial charge on any atom is -0.359 e. The molecule has 0 radical (unpaired) electrons. The lowest BCUT2D eigenvalue weighted by Gasteiger charge is -2.08. The van der Waals surface area contributed by atoms with E-state index in [1.807, 2.05) is 23.6 Å². The first-order valence-corrected chi connectivity index (χ1v) is 8.36. The zero-order valence-corrected chi connectivity index (χ0v) is 14.4. The summed E-state index contributed by atoms with van der Waals surface area (Å²) in [6.07, 6.45) is -2.62. The van der Waals surface area contributed by atoms with E-state index in [4.69, 9.17) is 11.6 Å². The largest absolute Gasteiger partial charge is 0.416 e. The van der Waals surface area contributed by atoms with E-state index in [2.05, 4.69) is 15.3 Å². The average Bonchev–Trinajstić information content (AvgIpc) is 3.14. The quantitative estimate of drug-likeness (QED) is 0.462. The normalized spacial score (nSPS) is 12.2. The van der Waals surface area contributed by atoms with Crippen LogP contribution < -0.4 is 5.32 Å². The van der Waals surface area contributed by atoms with Gasteiger partial charge < -0.3 is 14.9 Å². The van der Waals surface area contributed by atoms with Crippen LogP contribution >= 0.6 is 11.6 Å². The first-order chi connectivity index (χ1) is 12.4. The molecule has 0 atom stereocenters. The summed E-state index contributed by atoms with van der Waals surface area (Å²) in [6.45, 7) is 2.48. The number of nitrogens with one attached hydrogen (secondary N) is 2. The van der Waals surface area contributed by atoms with Crippen molar-refractivity contribution in [2.45, 2.75) is 19.6 Å². The second kappa shape index (κ2) is 5.95. The van der Waals surface area contributed by atoms with Gasteiger partial charge in [-0.05, 0) is 43.3 Å². The van der Waals surface area contributed by atoms with E-state index in [0.29, 0.717) is 28.5 Å². The fraction of sp³-hybridized carbons (Fsp3) is 0.167. The number of aromatic nitrogens is 3. The molecule has 26 heavy (non-hydrogen) atoms. The third-order valence-corrected chi connectivity index (χ3v) is 4.52. The third-order valence-electron chi connectivity index (χ3n) is 4.28. The van der Waals surface area contributed by atoms with E-state index in [9.17, 15) is 13.2 Å². The molecule has 0 spiro atoms. The van der Waals surface area contributed by atoms with Gasteiger partial charge in [-0.25, -0.2) is 4.98 Å². The van der Waals surface area contributed by atoms with E-state index >= 15 is 0 Å². The number of benzene rings is 2. The van der Waals surface area contributed by atoms with Gasteiger partial charge in [0, 0.05) is 28.7 Å². The molecule has 4 nitrogen and oxygen atoms in total. The van der Waals surface area contributed by atoms with E-state index in [0.717, 1.165) is 28.7 Å². The summed E-state index contributed by atoms with van der Waals surface area (Å²) in [5.74, 6) is 0.475. The van der Waals surface area contributed by atoms with Crippen molar-refractivity contribution in [2.24, 2.45) is 0 Å². The van der Waals surface area contributed by atoms with Crippen LogP contribution in [0.1, 0.15) is 12.5 Å². The van der Waals surface area contributed by atoms with Crippen LogP contribution in [-0.4, -0.2) is 14.5 Å². The molecule has 0 aliphatic rings. The smallest absolute Gasteiger partial charge is 0.359 e. The predicted molar refractivity (Wildman–Crippen MR) is 97.0 cm³/mol. The van der Waals surface area contributed by atoms with Crippen LogP contribution in [0.3, 0.4) is 0 Å². The Balaban J connectivity index is 1.81. The van der Waals surface area contributed by atoms with Crippen molar-refractivity contribution >= 4 is 45.2 Å². The highest BCUT2D eigenvalue weighted by Gasteiger charge is 2.31. The van der Waals surface area contributed by atoms with Crippen molar-refractivity contribution in [3.8, 4) is 0 Å². The van der Waals surface area contributed by atoms with Gasteiger partial charge in [-0.2, -0.15) is 13.2 Å². The van der Waals surface area contributed by atoms with E-state index in [-0.39, 0.29) is 0 Å². The fourth-order valence-electron chi connectivity index (χ4n) is 3.04. The number of hydrogen-bond acceptors (Lipinski definition) is 2. The monoisotopic (exact) mass is 378 g/mol. The Morgan fingerprint density at radius 3 is 2.73 bits per heavy atom. The molecule has 2 aromatic carbocycles. The van der Waals surface area contributed by atoms with Crippen molar-refractivity contribution in [2.75, 3.05) is 5.32 Å². The third kappa shape index (κ3) is 2.78. The summed E-state index contributed by atoms with van der Waals surface area (Å²) in [5, 5.41) is 4.68. The van der Waals surface area contributed by atoms with E-state index < -0.39 is 11.7 Å². The number of alkyl halides is 3. The molecular weight excluding hydrogens is 365 g/mol. The van der Waals surface area contributed by atoms with Gasteiger partial charge in [-0.1, -0.05) is 11.6 Å². The number of aryl methyl sites for hydroxylation is 1. The highest BCUT2D eigenvalue weighted by Crippen LogP contribution is 2.33. The molecular formula is C18H14ClF3N4. The first kappa shape index (κ1) is 16.8. The SMILES string of the molecule is CCn1c(Nc2c[nH]c3ccc(Cl)cc23)nc2cc(C(F)(F)F)ccc21. The average molecular weight is 379 g/mol. The van der Waals surface area contributed by atoms with Gasteiger partial charge in [0.05, 0.1) is 22.3 Å². The standard InChI is InChI=1S/C18H14ClF3N4/c1-2-26-16-6-3-10(18(20,21)22)7-14(16)24-17(26)25-15-9-23-13-5-4-11(19)8-12(13)15/h3-9,23H,2H2,1H3,(H,24,25). The topological polar surface area (TPSA) is 45.6 Å². The van der Waals surface area contributed by atoms with E-state index in [1.165, 1.54) is 6.07 Å². The Kier molecular flexibility index (Phi) is 3.84. The molecule has 134 valence electrons. The number of rotatable bonds is 3. The van der Waals surface area contributed by atoms with E-state index in [1.54, 1.807) is 12.3 Å². The Labute approximate surface area is 151 Å². The number of anilines is 2. The van der Waals surface area contributed by atoms with Gasteiger partial charge in [0.25, 0.3) is 0 Å². The number of nitrogens with zero attached hydrogens (tertiary/aromatic N) is 2. The molecule has 0 unspecified atom stereocenters. The van der Waals surface area contributed by atoms with Crippen molar-refractivity contribution < 1.29 is 13.2 Å². The van der Waals surface area contributed by atoms with Crippen LogP contribution in [0, 0.1) is 0 Å². The number of hydrogen-bond donors (Lipinski definition) is 2. The van der Waals surface area contributed by atoms with Gasteiger partial charge >= 0.3 is 6.18 Å². The van der Waals surface area contributed by atoms with Crippen LogP contribution in [0.2, 0.25) is 5.02 Å². The first-order valence-electron chi connectivity index (χ1n) is 7.98. The van der Waals surface area contributed by atoms with Crippen LogP contribution in [0.25, 0.3) is 21.9 Å². The Morgan fingerprint density at radius 1 is 1.19 bits per heavy atom. The van der Waals surface area contributed by atoms with Gasteiger partial charge in [0.1, 0.15) is 0 Å². The van der Waals surface area contributed by atoms with Crippen LogP contribution in [-0.2, 0) is 12.7 Å². The van der Waals surface area contributed by atoms with Gasteiger partial charge in [0.15, 0.2) is 0 Å². The highest BCUT2D eigenvalue weighted by molar-refractivity contribution is 6.31. The Morgan fingerprint density at radius 2 is 2.00 bits per heavy atom. The summed E-state index contributed by atoms with van der Waals surface area (Å²) >= 11 is 6.06. The lowest BCUT2D eigenvalue weighted by Crippen LogP contribution is -2.04. The molecule has 0 fully saturated rings. The van der Waals surface area contributed by atoms with Gasteiger partial charge in [-0.15, -0.1) is 0 Å². The highest BCUT2D eigenvalue weighted by atomic mass is 35.5. The molecule has 0 amide bonds. The number of aromatic amines is 1. The summed E-state index contributed by atoms with van der Waals surface area (Å²) in [6, 6.07) is 9.05. The van der Waals surface area contributed by atoms with Crippen LogP contribution in [0.15, 0.2) is 42.6 Å². The van der Waals surface area contributed by atoms with Crippen LogP contribution in [0.4, 0.5) is 24.8 Å². The molecule has 4 aromatic rings. The number of imidazole rings is 1. The molecule has 2 aromatic heterocycles. The molecule has 0 saturated carbocycles. The summed E-state index contributed by atoms with van der Waals surface area (Å²) in [5.41, 5.74) is 1.87. The minimum absolute atomic E-state index is 0.294. The van der Waals surface area contributed by atoms with Gasteiger partial charge in [-0.3, -0.25) is 0 Å². The minimum atomic E-state index is -4.40. The lowest BCUT2D eigenvalue weighted by molar-refractivity contribution is -0.137. The van der Waals surface area contributed by atoms with Gasteiger partial charge in [0.2, 0.25) is 5.95 Å². The molecule has 0 aliphatic heterocycles. The summed E-state index contributed by atoms with van der Waals surface area (Å²) in [7, 11) is 0. The predicted octanol–water partition coefficient (Wildman–Crippen LogP) is 5.95. The molecule has 0 bridgehead atoms. The second-order valence-electron chi connectivity index (χ2n) is 5.90. The molecule has 2 heterocycles. The fourth-order valence-corrected chi connectivity index (χ4v) is 3.21. The molecule has 4 rings (SSSR count). The van der Waals surface area contributed by atoms with Crippen LogP contribution in [0.5, 0.6) is 0 Å². The Bertz CT molecular complexity index is 1110. The molecule has 0 aliphatic carbocycles. The maximum atomic E-state index is 13.0. The van der Waals surface area contributed by atoms with Crippen molar-refractivity contribution in [3.63, 3.8) is 0 Å². The van der Waals surface area contributed by atoms with Crippen molar-refractivity contribution in [3.05, 3.63) is 53.2 Å². The maximum Gasteiger partial charge on any atom is 0.416 e. The number of halogens is 4. The number of H-pyrrole nitrogens is 1. The number of fused-ring (bicyclic) bond motifs is 2. The van der Waals surface area contributed by atoms with Crippen molar-refractivity contribution in [1.82, 2.24) is 14.5 Å². The molecule has 0 saturated heterocycles. The lowest BCUT2D eigenvalue weighted by atomic mass is 10.2. The zero-order valence-electron chi connectivity index (χ0n) is 13.7. The Hall–Kier alpha value is -2.67. The molecule has 8 heteroatoms. The second-order valence-corrected chi connectivity index (χ2v) is 6.33. The maximum absolute atomic E-state index is 13.0. The molecule has 2 N–H and O–H groups in total. The summed E-state index contributed by atoms with van der Waals surface area (Å²) in [4.78, 5) is 7.50.